The molecule has 0 aliphatic rings. The predicted octanol–water partition coefficient (Wildman–Crippen LogP) is 3.55. The molecule has 2 aromatic rings. The van der Waals surface area contributed by atoms with Crippen molar-refractivity contribution in [1.82, 2.24) is 0 Å². The Kier molecular flexibility index (Phi) is 3.28. The van der Waals surface area contributed by atoms with E-state index in [4.69, 9.17) is 5.11 Å². The van der Waals surface area contributed by atoms with Gasteiger partial charge in [-0.3, -0.25) is 0 Å². The van der Waals surface area contributed by atoms with Gasteiger partial charge in [0, 0.05) is 15.6 Å². The molecule has 1 nitrogen and oxygen atoms in total. The molecule has 0 spiro atoms. The number of halogens is 1. The maximum absolute atomic E-state index is 9.12. The molecule has 0 unspecified atom stereocenters. The highest BCUT2D eigenvalue weighted by Crippen LogP contribution is 2.11. The molecule has 0 saturated heterocycles. The molecule has 0 saturated carbocycles. The molecular weight excluding hydrogens is 264 g/mol. The fourth-order valence-electron chi connectivity index (χ4n) is 1.22. The van der Waals surface area contributed by atoms with E-state index in [2.05, 4.69) is 27.8 Å². The normalized spacial score (nSPS) is 9.31. The number of aromatic hydroxyl groups is 1. The van der Waals surface area contributed by atoms with Crippen LogP contribution in [0, 0.1) is 11.8 Å². The zero-order valence-electron chi connectivity index (χ0n) is 8.44. The van der Waals surface area contributed by atoms with Crippen molar-refractivity contribution < 1.29 is 5.11 Å². The van der Waals surface area contributed by atoms with Gasteiger partial charge in [0.25, 0.3) is 0 Å². The molecule has 0 aliphatic carbocycles. The SMILES string of the molecule is Oc1ccc(C#Cc2ccc(Br)cc2)cc1. The van der Waals surface area contributed by atoms with Gasteiger partial charge in [-0.05, 0) is 48.5 Å². The maximum Gasteiger partial charge on any atom is 0.115 e. The monoisotopic (exact) mass is 272 g/mol. The van der Waals surface area contributed by atoms with Gasteiger partial charge in [-0.15, -0.1) is 0 Å². The van der Waals surface area contributed by atoms with Gasteiger partial charge in [0.1, 0.15) is 5.75 Å². The molecule has 0 aromatic heterocycles. The van der Waals surface area contributed by atoms with Crippen LogP contribution in [0.1, 0.15) is 11.1 Å². The third-order valence-corrected chi connectivity index (χ3v) is 2.59. The summed E-state index contributed by atoms with van der Waals surface area (Å²) in [4.78, 5) is 0. The van der Waals surface area contributed by atoms with E-state index in [1.165, 1.54) is 0 Å². The van der Waals surface area contributed by atoms with Crippen molar-refractivity contribution in [2.24, 2.45) is 0 Å². The first kappa shape index (κ1) is 10.8. The van der Waals surface area contributed by atoms with Crippen LogP contribution in [0.5, 0.6) is 5.75 Å². The minimum Gasteiger partial charge on any atom is -0.508 e. The molecule has 16 heavy (non-hydrogen) atoms. The van der Waals surface area contributed by atoms with E-state index < -0.39 is 0 Å². The Balaban J connectivity index is 2.21. The van der Waals surface area contributed by atoms with Crippen LogP contribution < -0.4 is 0 Å². The van der Waals surface area contributed by atoms with Gasteiger partial charge in [0.2, 0.25) is 0 Å². The lowest BCUT2D eigenvalue weighted by Crippen LogP contribution is -1.75. The minimum atomic E-state index is 0.259. The summed E-state index contributed by atoms with van der Waals surface area (Å²) in [5.74, 6) is 6.34. The molecule has 0 aliphatic heterocycles. The molecule has 2 aromatic carbocycles. The summed E-state index contributed by atoms with van der Waals surface area (Å²) in [5.41, 5.74) is 1.86. The number of hydrogen-bond acceptors (Lipinski definition) is 1. The molecule has 78 valence electrons. The lowest BCUT2D eigenvalue weighted by molar-refractivity contribution is 0.475. The van der Waals surface area contributed by atoms with E-state index in [-0.39, 0.29) is 5.75 Å². The summed E-state index contributed by atoms with van der Waals surface area (Å²) in [6.07, 6.45) is 0. The fraction of sp³-hybridized carbons (Fsp3) is 0. The summed E-state index contributed by atoms with van der Waals surface area (Å²) in [6, 6.07) is 14.7. The van der Waals surface area contributed by atoms with Gasteiger partial charge >= 0.3 is 0 Å². The number of hydrogen-bond donors (Lipinski definition) is 1. The van der Waals surface area contributed by atoms with Gasteiger partial charge in [-0.25, -0.2) is 0 Å². The lowest BCUT2D eigenvalue weighted by atomic mass is 10.2. The van der Waals surface area contributed by atoms with Crippen molar-refractivity contribution in [2.45, 2.75) is 0 Å². The Morgan fingerprint density at radius 3 is 1.69 bits per heavy atom. The second-order valence-corrected chi connectivity index (χ2v) is 4.22. The molecule has 0 fully saturated rings. The first-order valence-electron chi connectivity index (χ1n) is 4.81. The van der Waals surface area contributed by atoms with Gasteiger partial charge in [0.05, 0.1) is 0 Å². The van der Waals surface area contributed by atoms with Crippen LogP contribution in [0.15, 0.2) is 53.0 Å². The summed E-state index contributed by atoms with van der Waals surface area (Å²) in [7, 11) is 0. The van der Waals surface area contributed by atoms with Crippen molar-refractivity contribution >= 4 is 15.9 Å². The average molecular weight is 273 g/mol. The standard InChI is InChI=1S/C14H9BrO/c15-13-7-3-11(4-8-13)1-2-12-5-9-14(16)10-6-12/h3-10,16H. The largest absolute Gasteiger partial charge is 0.508 e. The Morgan fingerprint density at radius 2 is 1.19 bits per heavy atom. The molecule has 0 heterocycles. The Hall–Kier alpha value is -1.72. The molecule has 2 heteroatoms. The van der Waals surface area contributed by atoms with Crippen molar-refractivity contribution in [1.29, 1.82) is 0 Å². The lowest BCUT2D eigenvalue weighted by Gasteiger charge is -1.92. The van der Waals surface area contributed by atoms with Gasteiger partial charge in [0.15, 0.2) is 0 Å². The Morgan fingerprint density at radius 1 is 0.750 bits per heavy atom. The van der Waals surface area contributed by atoms with E-state index >= 15 is 0 Å². The van der Waals surface area contributed by atoms with E-state index in [1.54, 1.807) is 24.3 Å². The molecule has 0 amide bonds. The summed E-state index contributed by atoms with van der Waals surface area (Å²) < 4.78 is 1.04. The third-order valence-electron chi connectivity index (χ3n) is 2.06. The van der Waals surface area contributed by atoms with Crippen molar-refractivity contribution in [2.75, 3.05) is 0 Å². The summed E-state index contributed by atoms with van der Waals surface area (Å²) in [5, 5.41) is 9.12. The van der Waals surface area contributed by atoms with Crippen LogP contribution >= 0.6 is 15.9 Å². The molecule has 0 atom stereocenters. The molecule has 1 N–H and O–H groups in total. The van der Waals surface area contributed by atoms with Crippen LogP contribution in [0.2, 0.25) is 0 Å². The number of phenolic OH excluding ortho intramolecular Hbond substituents is 1. The Labute approximate surface area is 103 Å². The molecule has 0 radical (unpaired) electrons. The van der Waals surface area contributed by atoms with E-state index in [0.29, 0.717) is 0 Å². The van der Waals surface area contributed by atoms with E-state index in [9.17, 15) is 0 Å². The quantitative estimate of drug-likeness (QED) is 0.728. The Bertz CT molecular complexity index is 480. The van der Waals surface area contributed by atoms with E-state index in [0.717, 1.165) is 15.6 Å². The second kappa shape index (κ2) is 4.87. The smallest absolute Gasteiger partial charge is 0.115 e. The summed E-state index contributed by atoms with van der Waals surface area (Å²) in [6.45, 7) is 0. The molecule has 2 rings (SSSR count). The number of benzene rings is 2. The number of phenols is 1. The first-order valence-corrected chi connectivity index (χ1v) is 5.60. The third kappa shape index (κ3) is 2.88. The minimum absolute atomic E-state index is 0.259. The van der Waals surface area contributed by atoms with Crippen LogP contribution in [-0.2, 0) is 0 Å². The average Bonchev–Trinajstić information content (AvgIpc) is 2.30. The molecule has 0 bridgehead atoms. The second-order valence-electron chi connectivity index (χ2n) is 3.30. The van der Waals surface area contributed by atoms with Gasteiger partial charge in [-0.2, -0.15) is 0 Å². The van der Waals surface area contributed by atoms with Gasteiger partial charge < -0.3 is 5.11 Å². The highest BCUT2D eigenvalue weighted by molar-refractivity contribution is 9.10. The van der Waals surface area contributed by atoms with E-state index in [1.807, 2.05) is 24.3 Å². The zero-order chi connectivity index (χ0) is 11.4. The highest BCUT2D eigenvalue weighted by Gasteiger charge is 1.89. The first-order chi connectivity index (χ1) is 7.74. The van der Waals surface area contributed by atoms with Crippen LogP contribution in [0.3, 0.4) is 0 Å². The zero-order valence-corrected chi connectivity index (χ0v) is 10.0. The highest BCUT2D eigenvalue weighted by atomic mass is 79.9. The van der Waals surface area contributed by atoms with Gasteiger partial charge in [-0.1, -0.05) is 27.8 Å². The van der Waals surface area contributed by atoms with Crippen molar-refractivity contribution in [3.05, 3.63) is 64.1 Å². The van der Waals surface area contributed by atoms with Crippen molar-refractivity contribution in [3.8, 4) is 17.6 Å². The van der Waals surface area contributed by atoms with Crippen LogP contribution in [0.4, 0.5) is 0 Å². The van der Waals surface area contributed by atoms with Crippen molar-refractivity contribution in [3.63, 3.8) is 0 Å². The molecular formula is C14H9BrO. The summed E-state index contributed by atoms with van der Waals surface area (Å²) >= 11 is 3.37. The van der Waals surface area contributed by atoms with Crippen LogP contribution in [-0.4, -0.2) is 5.11 Å². The fourth-order valence-corrected chi connectivity index (χ4v) is 1.49. The maximum atomic E-state index is 9.12. The topological polar surface area (TPSA) is 20.2 Å². The predicted molar refractivity (Wildman–Crippen MR) is 68.2 cm³/mol. The number of rotatable bonds is 0. The van der Waals surface area contributed by atoms with Crippen LogP contribution in [0.25, 0.3) is 0 Å².